The summed E-state index contributed by atoms with van der Waals surface area (Å²) in [6.07, 6.45) is 2.69. The molecule has 0 heterocycles. The van der Waals surface area contributed by atoms with Gasteiger partial charge in [0.2, 0.25) is 5.91 Å². The highest BCUT2D eigenvalue weighted by atomic mass is 32.2. The summed E-state index contributed by atoms with van der Waals surface area (Å²) in [4.78, 5) is 21.9. The normalized spacial score (nSPS) is 11.2. The van der Waals surface area contributed by atoms with E-state index in [0.717, 1.165) is 31.0 Å². The molecule has 0 radical (unpaired) electrons. The molecule has 94 valence electrons. The van der Waals surface area contributed by atoms with Crippen molar-refractivity contribution in [3.63, 3.8) is 0 Å². The third kappa shape index (κ3) is 5.39. The summed E-state index contributed by atoms with van der Waals surface area (Å²) in [7, 11) is 0. The molecule has 0 fully saturated rings. The second-order valence-corrected chi connectivity index (χ2v) is 4.76. The first-order chi connectivity index (χ1) is 7.49. The van der Waals surface area contributed by atoms with Crippen molar-refractivity contribution in [1.82, 2.24) is 5.32 Å². The van der Waals surface area contributed by atoms with Crippen LogP contribution in [-0.2, 0) is 9.59 Å². The molecular weight excluding hydrogens is 226 g/mol. The summed E-state index contributed by atoms with van der Waals surface area (Å²) < 4.78 is 0. The minimum absolute atomic E-state index is 0.0230. The van der Waals surface area contributed by atoms with Crippen molar-refractivity contribution >= 4 is 23.6 Å². The Morgan fingerprint density at radius 3 is 2.00 bits per heavy atom. The van der Waals surface area contributed by atoms with E-state index in [-0.39, 0.29) is 23.0 Å². The molecule has 0 aliphatic heterocycles. The Morgan fingerprint density at radius 2 is 1.62 bits per heavy atom. The fourth-order valence-corrected chi connectivity index (χ4v) is 2.11. The molecule has 0 spiro atoms. The highest BCUT2D eigenvalue weighted by Crippen LogP contribution is 2.19. The third-order valence-electron chi connectivity index (χ3n) is 2.89. The smallest absolute Gasteiger partial charge is 0.313 e. The van der Waals surface area contributed by atoms with E-state index in [1.807, 2.05) is 0 Å². The fourth-order valence-electron chi connectivity index (χ4n) is 1.58. The van der Waals surface area contributed by atoms with Gasteiger partial charge >= 0.3 is 5.97 Å². The monoisotopic (exact) mass is 247 g/mol. The first-order valence-electron chi connectivity index (χ1n) is 5.60. The van der Waals surface area contributed by atoms with Gasteiger partial charge in [0.25, 0.3) is 0 Å². The van der Waals surface area contributed by atoms with Gasteiger partial charge in [-0.3, -0.25) is 9.59 Å². The molecule has 0 saturated carbocycles. The van der Waals surface area contributed by atoms with E-state index in [4.69, 9.17) is 5.11 Å². The minimum Gasteiger partial charge on any atom is -0.481 e. The Morgan fingerprint density at radius 1 is 1.12 bits per heavy atom. The highest BCUT2D eigenvalue weighted by molar-refractivity contribution is 8.00. The zero-order valence-electron chi connectivity index (χ0n) is 10.2. The molecule has 0 saturated heterocycles. The number of carboxylic acids is 1. The van der Waals surface area contributed by atoms with Gasteiger partial charge in [0.05, 0.1) is 11.5 Å². The van der Waals surface area contributed by atoms with Gasteiger partial charge in [-0.25, -0.2) is 0 Å². The predicted octanol–water partition coefficient (Wildman–Crippen LogP) is 1.89. The van der Waals surface area contributed by atoms with Crippen molar-refractivity contribution in [1.29, 1.82) is 0 Å². The van der Waals surface area contributed by atoms with E-state index in [2.05, 4.69) is 26.1 Å². The van der Waals surface area contributed by atoms with Crippen LogP contribution in [0, 0.1) is 0 Å². The van der Waals surface area contributed by atoms with Crippen LogP contribution in [0.15, 0.2) is 0 Å². The van der Waals surface area contributed by atoms with Crippen molar-refractivity contribution in [3.05, 3.63) is 0 Å². The molecule has 16 heavy (non-hydrogen) atoms. The quantitative estimate of drug-likeness (QED) is 0.687. The van der Waals surface area contributed by atoms with Crippen LogP contribution in [0.5, 0.6) is 0 Å². The van der Waals surface area contributed by atoms with Gasteiger partial charge in [0, 0.05) is 5.54 Å². The number of hydrogen-bond acceptors (Lipinski definition) is 3. The lowest BCUT2D eigenvalue weighted by Gasteiger charge is -2.31. The van der Waals surface area contributed by atoms with Gasteiger partial charge in [0.15, 0.2) is 0 Å². The molecule has 1 amide bonds. The van der Waals surface area contributed by atoms with Gasteiger partial charge < -0.3 is 10.4 Å². The molecule has 0 aliphatic rings. The molecule has 0 atom stereocenters. The number of carboxylic acid groups (broad SMARTS) is 1. The zero-order chi connectivity index (χ0) is 12.6. The Balaban J connectivity index is 4.05. The molecule has 2 N–H and O–H groups in total. The number of thioether (sulfide) groups is 1. The molecule has 0 bridgehead atoms. The van der Waals surface area contributed by atoms with Crippen LogP contribution in [0.25, 0.3) is 0 Å². The number of carbonyl (C=O) groups is 2. The maximum atomic E-state index is 11.6. The predicted molar refractivity (Wildman–Crippen MR) is 66.7 cm³/mol. The second kappa shape index (κ2) is 7.54. The summed E-state index contributed by atoms with van der Waals surface area (Å²) >= 11 is 1.13. The summed E-state index contributed by atoms with van der Waals surface area (Å²) in [5.74, 6) is -0.763. The number of rotatable bonds is 8. The molecule has 0 aromatic rings. The first kappa shape index (κ1) is 15.3. The number of nitrogens with one attached hydrogen (secondary N) is 1. The SMILES string of the molecule is CCC(CC)(CC)NC(=O)CSCC(=O)O. The van der Waals surface area contributed by atoms with Crippen molar-refractivity contribution in [2.45, 2.75) is 45.6 Å². The number of aliphatic carboxylic acids is 1. The lowest BCUT2D eigenvalue weighted by molar-refractivity contribution is -0.133. The highest BCUT2D eigenvalue weighted by Gasteiger charge is 2.25. The van der Waals surface area contributed by atoms with E-state index in [0.29, 0.717) is 0 Å². The lowest BCUT2D eigenvalue weighted by Crippen LogP contribution is -2.47. The Kier molecular flexibility index (Phi) is 7.21. The molecule has 0 rings (SSSR count). The van der Waals surface area contributed by atoms with E-state index in [9.17, 15) is 9.59 Å². The van der Waals surface area contributed by atoms with Crippen LogP contribution in [0.2, 0.25) is 0 Å². The maximum Gasteiger partial charge on any atom is 0.313 e. The van der Waals surface area contributed by atoms with Gasteiger partial charge in [-0.2, -0.15) is 0 Å². The molecular formula is C11H21NO3S. The molecule has 0 aromatic carbocycles. The topological polar surface area (TPSA) is 66.4 Å². The van der Waals surface area contributed by atoms with E-state index < -0.39 is 5.97 Å². The van der Waals surface area contributed by atoms with Gasteiger partial charge in [0.1, 0.15) is 0 Å². The summed E-state index contributed by atoms with van der Waals surface area (Å²) in [6.45, 7) is 6.16. The summed E-state index contributed by atoms with van der Waals surface area (Å²) in [5, 5.41) is 11.4. The number of carbonyl (C=O) groups excluding carboxylic acids is 1. The summed E-state index contributed by atoms with van der Waals surface area (Å²) in [5.41, 5.74) is -0.124. The van der Waals surface area contributed by atoms with Crippen LogP contribution < -0.4 is 5.32 Å². The minimum atomic E-state index is -0.884. The number of hydrogen-bond donors (Lipinski definition) is 2. The molecule has 5 heteroatoms. The van der Waals surface area contributed by atoms with Crippen molar-refractivity contribution in [2.24, 2.45) is 0 Å². The van der Waals surface area contributed by atoms with E-state index in [1.54, 1.807) is 0 Å². The molecule has 0 unspecified atom stereocenters. The van der Waals surface area contributed by atoms with Crippen molar-refractivity contribution in [3.8, 4) is 0 Å². The van der Waals surface area contributed by atoms with E-state index in [1.165, 1.54) is 0 Å². The molecule has 4 nitrogen and oxygen atoms in total. The Labute approximate surface area is 101 Å². The maximum absolute atomic E-state index is 11.6. The number of amides is 1. The zero-order valence-corrected chi connectivity index (χ0v) is 11.0. The molecule has 0 aliphatic carbocycles. The fraction of sp³-hybridized carbons (Fsp3) is 0.818. The average molecular weight is 247 g/mol. The van der Waals surface area contributed by atoms with Crippen LogP contribution >= 0.6 is 11.8 Å². The van der Waals surface area contributed by atoms with Gasteiger partial charge in [-0.05, 0) is 19.3 Å². The van der Waals surface area contributed by atoms with Crippen molar-refractivity contribution in [2.75, 3.05) is 11.5 Å². The lowest BCUT2D eigenvalue weighted by atomic mass is 9.90. The standard InChI is InChI=1S/C11H21NO3S/c1-4-11(5-2,6-3)12-9(13)7-16-8-10(14)15/h4-8H2,1-3H3,(H,12,13)(H,14,15). The third-order valence-corrected chi connectivity index (χ3v) is 3.81. The van der Waals surface area contributed by atoms with Crippen LogP contribution in [-0.4, -0.2) is 34.0 Å². The Bertz CT molecular complexity index is 231. The van der Waals surface area contributed by atoms with Gasteiger partial charge in [-0.1, -0.05) is 20.8 Å². The molecule has 0 aromatic heterocycles. The first-order valence-corrected chi connectivity index (χ1v) is 6.75. The van der Waals surface area contributed by atoms with Crippen LogP contribution in [0.1, 0.15) is 40.0 Å². The van der Waals surface area contributed by atoms with Crippen molar-refractivity contribution < 1.29 is 14.7 Å². The average Bonchev–Trinajstić information content (AvgIpc) is 2.25. The van der Waals surface area contributed by atoms with E-state index >= 15 is 0 Å². The Hall–Kier alpha value is -0.710. The van der Waals surface area contributed by atoms with Crippen LogP contribution in [0.3, 0.4) is 0 Å². The summed E-state index contributed by atoms with van der Waals surface area (Å²) in [6, 6.07) is 0. The largest absolute Gasteiger partial charge is 0.481 e. The van der Waals surface area contributed by atoms with Gasteiger partial charge in [-0.15, -0.1) is 11.8 Å². The second-order valence-electron chi connectivity index (χ2n) is 3.78. The van der Waals surface area contributed by atoms with Crippen LogP contribution in [0.4, 0.5) is 0 Å².